The maximum atomic E-state index is 4.42. The number of hydrogen-bond donors (Lipinski definition) is 0. The summed E-state index contributed by atoms with van der Waals surface area (Å²) in [6.45, 7) is 0. The van der Waals surface area contributed by atoms with E-state index in [1.54, 1.807) is 0 Å². The van der Waals surface area contributed by atoms with Gasteiger partial charge in [0.2, 0.25) is 0 Å². The second kappa shape index (κ2) is 3.02. The van der Waals surface area contributed by atoms with E-state index >= 15 is 0 Å². The van der Waals surface area contributed by atoms with Crippen LogP contribution in [0.5, 0.6) is 0 Å². The SMILES string of the molecule is [Li+].[c-]1cocn1. The Balaban J connectivity index is 0.000000250. The van der Waals surface area contributed by atoms with Gasteiger partial charge in [0, 0.05) is 6.39 Å². The third kappa shape index (κ3) is 1.30. The van der Waals surface area contributed by atoms with Gasteiger partial charge in [0.1, 0.15) is 0 Å². The number of hydrogen-bond acceptors (Lipinski definition) is 2. The average molecular weight is 75.0 g/mol. The molecule has 1 aromatic heterocycles. The zero-order valence-electron chi connectivity index (χ0n) is 3.51. The van der Waals surface area contributed by atoms with E-state index in [1.165, 1.54) is 12.7 Å². The molecule has 1 heterocycles. The molecule has 3 heteroatoms. The minimum absolute atomic E-state index is 0. The Morgan fingerprint density at radius 3 is 2.67 bits per heavy atom. The van der Waals surface area contributed by atoms with Gasteiger partial charge in [-0.25, -0.2) is 0 Å². The van der Waals surface area contributed by atoms with Gasteiger partial charge in [-0.15, -0.1) is 6.20 Å². The Bertz CT molecular complexity index is 67.3. The normalized spacial score (nSPS) is 6.67. The van der Waals surface area contributed by atoms with E-state index in [-0.39, 0.29) is 18.9 Å². The summed E-state index contributed by atoms with van der Waals surface area (Å²) < 4.78 is 4.42. The standard InChI is InChI=1S/C3H2NO.Li/c1-2-5-3-4-1;/h2-3H;/q-1;+1. The largest absolute Gasteiger partial charge is 1.00 e. The maximum absolute atomic E-state index is 4.42. The van der Waals surface area contributed by atoms with Gasteiger partial charge >= 0.3 is 18.9 Å². The summed E-state index contributed by atoms with van der Waals surface area (Å²) in [5, 5.41) is 0. The van der Waals surface area contributed by atoms with Crippen molar-refractivity contribution in [3.05, 3.63) is 18.9 Å². The summed E-state index contributed by atoms with van der Waals surface area (Å²) in [4.78, 5) is 3.43. The van der Waals surface area contributed by atoms with Crippen molar-refractivity contribution in [1.82, 2.24) is 4.98 Å². The number of oxazole rings is 1. The molecule has 1 aromatic rings. The van der Waals surface area contributed by atoms with Gasteiger partial charge < -0.3 is 9.40 Å². The van der Waals surface area contributed by atoms with Crippen LogP contribution in [0.2, 0.25) is 0 Å². The molecule has 0 unspecified atom stereocenters. The minimum Gasteiger partial charge on any atom is -0.557 e. The zero-order valence-corrected chi connectivity index (χ0v) is 3.51. The molecule has 0 saturated carbocycles. The van der Waals surface area contributed by atoms with E-state index in [4.69, 9.17) is 0 Å². The van der Waals surface area contributed by atoms with Crippen molar-refractivity contribution < 1.29 is 23.3 Å². The van der Waals surface area contributed by atoms with Crippen LogP contribution in [0.3, 0.4) is 0 Å². The molecule has 0 bridgehead atoms. The smallest absolute Gasteiger partial charge is 0.557 e. The molecule has 0 spiro atoms. The molecule has 0 amide bonds. The van der Waals surface area contributed by atoms with Crippen LogP contribution in [0.15, 0.2) is 17.1 Å². The first-order valence-corrected chi connectivity index (χ1v) is 1.24. The molecule has 6 heavy (non-hydrogen) atoms. The van der Waals surface area contributed by atoms with E-state index in [9.17, 15) is 0 Å². The summed E-state index contributed by atoms with van der Waals surface area (Å²) >= 11 is 0. The third-order valence-corrected chi connectivity index (χ3v) is 0.309. The van der Waals surface area contributed by atoms with Gasteiger partial charge in [0.25, 0.3) is 0 Å². The van der Waals surface area contributed by atoms with Crippen molar-refractivity contribution in [2.24, 2.45) is 0 Å². The fourth-order valence-electron chi connectivity index (χ4n) is 0.152. The van der Waals surface area contributed by atoms with Crippen molar-refractivity contribution >= 4 is 0 Å². The van der Waals surface area contributed by atoms with Crippen LogP contribution >= 0.6 is 0 Å². The second-order valence-corrected chi connectivity index (χ2v) is 0.618. The Hall–Kier alpha value is -0.193. The molecule has 1 rings (SSSR count). The van der Waals surface area contributed by atoms with Gasteiger partial charge in [-0.2, -0.15) is 0 Å². The van der Waals surface area contributed by atoms with Crippen LogP contribution in [0.1, 0.15) is 0 Å². The van der Waals surface area contributed by atoms with E-state index in [1.807, 2.05) is 0 Å². The first kappa shape index (κ1) is 5.81. The van der Waals surface area contributed by atoms with Gasteiger partial charge in [0.15, 0.2) is 0 Å². The fraction of sp³-hybridized carbons (Fsp3) is 0. The Labute approximate surface area is 47.7 Å². The van der Waals surface area contributed by atoms with Gasteiger partial charge in [-0.1, -0.05) is 0 Å². The molecular formula is C3H2LiNO. The first-order chi connectivity index (χ1) is 2.50. The molecule has 0 fully saturated rings. The zero-order chi connectivity index (χ0) is 3.54. The summed E-state index contributed by atoms with van der Waals surface area (Å²) in [7, 11) is 0. The molecular weight excluding hydrogens is 73.0 g/mol. The van der Waals surface area contributed by atoms with Crippen molar-refractivity contribution in [1.29, 1.82) is 0 Å². The van der Waals surface area contributed by atoms with E-state index < -0.39 is 0 Å². The molecule has 0 radical (unpaired) electrons. The van der Waals surface area contributed by atoms with Crippen LogP contribution in [0, 0.1) is 6.20 Å². The number of nitrogens with zero attached hydrogens (tertiary/aromatic N) is 1. The minimum atomic E-state index is 0. The van der Waals surface area contributed by atoms with Crippen LogP contribution in [0.25, 0.3) is 0 Å². The molecule has 2 nitrogen and oxygen atoms in total. The molecule has 0 N–H and O–H groups in total. The summed E-state index contributed by atoms with van der Waals surface area (Å²) in [5.41, 5.74) is 0. The summed E-state index contributed by atoms with van der Waals surface area (Å²) in [6.07, 6.45) is 5.15. The van der Waals surface area contributed by atoms with Gasteiger partial charge in [-0.3, -0.25) is 0 Å². The number of rotatable bonds is 0. The van der Waals surface area contributed by atoms with Gasteiger partial charge in [0.05, 0.1) is 0 Å². The monoisotopic (exact) mass is 75.0 g/mol. The molecule has 0 aliphatic carbocycles. The fourth-order valence-corrected chi connectivity index (χ4v) is 0.152. The third-order valence-electron chi connectivity index (χ3n) is 0.309. The average Bonchev–Trinajstić information content (AvgIpc) is 1.76. The van der Waals surface area contributed by atoms with Crippen molar-refractivity contribution in [3.63, 3.8) is 0 Å². The Kier molecular flexibility index (Phi) is 2.92. The van der Waals surface area contributed by atoms with Crippen LogP contribution in [-0.4, -0.2) is 4.98 Å². The molecule has 0 atom stereocenters. The summed E-state index contributed by atoms with van der Waals surface area (Å²) in [6, 6.07) is 0. The van der Waals surface area contributed by atoms with Crippen molar-refractivity contribution in [3.8, 4) is 0 Å². The maximum Gasteiger partial charge on any atom is 1.00 e. The molecule has 0 aromatic carbocycles. The van der Waals surface area contributed by atoms with E-state index in [0.29, 0.717) is 0 Å². The number of aromatic nitrogens is 1. The van der Waals surface area contributed by atoms with Crippen LogP contribution in [0.4, 0.5) is 0 Å². The molecule has 0 aliphatic heterocycles. The molecule has 0 aliphatic rings. The van der Waals surface area contributed by atoms with Gasteiger partial charge in [-0.05, 0) is 6.26 Å². The van der Waals surface area contributed by atoms with Crippen LogP contribution in [-0.2, 0) is 0 Å². The summed E-state index contributed by atoms with van der Waals surface area (Å²) in [5.74, 6) is 0. The quantitative estimate of drug-likeness (QED) is 0.251. The van der Waals surface area contributed by atoms with Crippen molar-refractivity contribution in [2.75, 3.05) is 0 Å². The topological polar surface area (TPSA) is 26.0 Å². The predicted molar refractivity (Wildman–Crippen MR) is 15.3 cm³/mol. The van der Waals surface area contributed by atoms with E-state index in [0.717, 1.165) is 0 Å². The van der Waals surface area contributed by atoms with E-state index in [2.05, 4.69) is 15.6 Å². The van der Waals surface area contributed by atoms with Crippen molar-refractivity contribution in [2.45, 2.75) is 0 Å². The first-order valence-electron chi connectivity index (χ1n) is 1.24. The Morgan fingerprint density at radius 2 is 2.50 bits per heavy atom. The Morgan fingerprint density at radius 1 is 1.67 bits per heavy atom. The second-order valence-electron chi connectivity index (χ2n) is 0.618. The predicted octanol–water partition coefficient (Wildman–Crippen LogP) is -2.52. The molecule has 0 saturated heterocycles. The van der Waals surface area contributed by atoms with Crippen LogP contribution < -0.4 is 18.9 Å². The molecule has 26 valence electrons.